The Balaban J connectivity index is 1.33. The lowest BCUT2D eigenvalue weighted by molar-refractivity contribution is 0.354. The van der Waals surface area contributed by atoms with E-state index in [1.165, 1.54) is 17.5 Å². The Morgan fingerprint density at radius 3 is 2.07 bits per heavy atom. The van der Waals surface area contributed by atoms with Crippen LogP contribution in [-0.4, -0.2) is 14.8 Å². The lowest BCUT2D eigenvalue weighted by atomic mass is 9.67. The van der Waals surface area contributed by atoms with E-state index < -0.39 is 0 Å². The van der Waals surface area contributed by atoms with Gasteiger partial charge in [0.1, 0.15) is 0 Å². The van der Waals surface area contributed by atoms with E-state index in [4.69, 9.17) is 22.2 Å². The van der Waals surface area contributed by atoms with Crippen LogP contribution in [0.15, 0.2) is 127 Å². The highest BCUT2D eigenvalue weighted by molar-refractivity contribution is 7.81. The normalized spacial score (nSPS) is 16.1. The zero-order chi connectivity index (χ0) is 30.1. The summed E-state index contributed by atoms with van der Waals surface area (Å²) >= 11 is 6.13. The van der Waals surface area contributed by atoms with Crippen molar-refractivity contribution in [3.63, 3.8) is 0 Å². The van der Waals surface area contributed by atoms with Crippen molar-refractivity contribution in [1.29, 1.82) is 5.26 Å². The number of allylic oxidation sites excluding steroid dienone is 3. The summed E-state index contributed by atoms with van der Waals surface area (Å²) in [6.07, 6.45) is 7.68. The molecule has 1 heterocycles. The first-order chi connectivity index (χ1) is 21.6. The molecule has 0 amide bonds. The molecule has 4 aromatic carbocycles. The van der Waals surface area contributed by atoms with E-state index in [2.05, 4.69) is 73.3 Å². The molecule has 212 valence electrons. The van der Waals surface area contributed by atoms with Gasteiger partial charge in [0.25, 0.3) is 0 Å². The Morgan fingerprint density at radius 2 is 1.39 bits per heavy atom. The van der Waals surface area contributed by atoms with Crippen LogP contribution in [0.4, 0.5) is 0 Å². The van der Waals surface area contributed by atoms with Crippen LogP contribution in [0.2, 0.25) is 0 Å². The van der Waals surface area contributed by atoms with Crippen molar-refractivity contribution in [3.8, 4) is 39.8 Å². The quantitative estimate of drug-likeness (QED) is 0.152. The van der Waals surface area contributed by atoms with Gasteiger partial charge in [-0.25, -0.2) is 9.97 Å². The number of hydrogen-bond acceptors (Lipinski definition) is 4. The van der Waals surface area contributed by atoms with Crippen LogP contribution in [0.3, 0.4) is 0 Å². The van der Waals surface area contributed by atoms with Crippen molar-refractivity contribution in [2.24, 2.45) is 0 Å². The maximum Gasteiger partial charge on any atom is 0.160 e. The Hall–Kier alpha value is -4.98. The number of hydrogen-bond donors (Lipinski definition) is 0. The zero-order valence-corrected chi connectivity index (χ0v) is 25.3. The fourth-order valence-corrected chi connectivity index (χ4v) is 7.35. The Morgan fingerprint density at radius 1 is 0.750 bits per heavy atom. The molecule has 0 aliphatic heterocycles. The monoisotopic (exact) mass is 585 g/mol. The molecule has 0 N–H and O–H groups in total. The van der Waals surface area contributed by atoms with Crippen molar-refractivity contribution in [2.45, 2.75) is 37.5 Å². The van der Waals surface area contributed by atoms with Crippen LogP contribution >= 0.6 is 12.2 Å². The smallest absolute Gasteiger partial charge is 0.160 e. The van der Waals surface area contributed by atoms with Crippen molar-refractivity contribution >= 4 is 22.7 Å². The molecule has 5 aromatic rings. The first-order valence-corrected chi connectivity index (χ1v) is 15.6. The van der Waals surface area contributed by atoms with Gasteiger partial charge < -0.3 is 0 Å². The van der Waals surface area contributed by atoms with Crippen LogP contribution < -0.4 is 0 Å². The Labute approximate surface area is 264 Å². The largest absolute Gasteiger partial charge is 0.228 e. The van der Waals surface area contributed by atoms with Gasteiger partial charge in [-0.2, -0.15) is 5.26 Å². The molecule has 0 saturated heterocycles. The summed E-state index contributed by atoms with van der Waals surface area (Å²) in [5.74, 6) is 0.654. The number of rotatable bonds is 5. The van der Waals surface area contributed by atoms with Crippen LogP contribution in [0.5, 0.6) is 0 Å². The van der Waals surface area contributed by atoms with E-state index >= 15 is 0 Å². The Bertz CT molecular complexity index is 1960. The minimum Gasteiger partial charge on any atom is -0.228 e. The van der Waals surface area contributed by atoms with E-state index in [0.717, 1.165) is 75.3 Å². The summed E-state index contributed by atoms with van der Waals surface area (Å²) in [5.41, 5.74) is 10.4. The molecule has 0 radical (unpaired) electrons. The second-order valence-corrected chi connectivity index (χ2v) is 12.1. The molecule has 0 bridgehead atoms. The van der Waals surface area contributed by atoms with Gasteiger partial charge in [0, 0.05) is 22.1 Å². The van der Waals surface area contributed by atoms with Crippen LogP contribution in [0, 0.1) is 11.3 Å². The van der Waals surface area contributed by atoms with Crippen LogP contribution in [0.25, 0.3) is 39.3 Å². The predicted octanol–water partition coefficient (Wildman–Crippen LogP) is 9.92. The topological polar surface area (TPSA) is 49.6 Å². The molecule has 0 atom stereocenters. The second kappa shape index (κ2) is 11.6. The van der Waals surface area contributed by atoms with Gasteiger partial charge in [-0.1, -0.05) is 135 Å². The Kier molecular flexibility index (Phi) is 7.34. The first kappa shape index (κ1) is 27.8. The summed E-state index contributed by atoms with van der Waals surface area (Å²) in [6, 6.07) is 39.4. The highest BCUT2D eigenvalue weighted by Crippen LogP contribution is 2.53. The molecule has 0 unspecified atom stereocenters. The number of aromatic nitrogens is 2. The molecular formula is C40H31N3S. The van der Waals surface area contributed by atoms with Crippen LogP contribution in [-0.2, 0) is 5.41 Å². The summed E-state index contributed by atoms with van der Waals surface area (Å²) in [7, 11) is 0. The zero-order valence-electron chi connectivity index (χ0n) is 24.5. The molecule has 7 rings (SSSR count). The van der Waals surface area contributed by atoms with E-state index in [1.807, 2.05) is 54.6 Å². The predicted molar refractivity (Wildman–Crippen MR) is 183 cm³/mol. The molecule has 1 aromatic heterocycles. The van der Waals surface area contributed by atoms with Gasteiger partial charge in [0.2, 0.25) is 0 Å². The fourth-order valence-electron chi connectivity index (χ4n) is 6.87. The van der Waals surface area contributed by atoms with Gasteiger partial charge in [0.05, 0.1) is 27.9 Å². The molecule has 4 heteroatoms. The minimum atomic E-state index is -0.189. The third-order valence-electron chi connectivity index (χ3n) is 9.09. The third kappa shape index (κ3) is 4.90. The van der Waals surface area contributed by atoms with Crippen molar-refractivity contribution in [1.82, 2.24) is 9.97 Å². The van der Waals surface area contributed by atoms with Gasteiger partial charge >= 0.3 is 0 Å². The van der Waals surface area contributed by atoms with E-state index in [1.54, 1.807) is 0 Å². The molecular weight excluding hydrogens is 555 g/mol. The summed E-state index contributed by atoms with van der Waals surface area (Å²) < 4.78 is 0. The number of nitrogens with zero attached hydrogens (tertiary/aromatic N) is 3. The fraction of sp³-hybridized carbons (Fsp3) is 0.150. The SMILES string of the molecule is C=C(/C=C1\C(=S)c2c(C#N)cccc2C12CCCCC2)c1cc(-c2ccc(-c3ccccc3)cc2)nc(-c2ccccc2)n1. The summed E-state index contributed by atoms with van der Waals surface area (Å²) in [5, 5.41) is 9.95. The number of fused-ring (bicyclic) bond motifs is 2. The lowest BCUT2D eigenvalue weighted by Gasteiger charge is -2.36. The molecule has 2 aliphatic carbocycles. The lowest BCUT2D eigenvalue weighted by Crippen LogP contribution is -2.29. The van der Waals surface area contributed by atoms with E-state index in [0.29, 0.717) is 11.4 Å². The number of thiocarbonyl (C=S) groups is 1. The summed E-state index contributed by atoms with van der Waals surface area (Å²) in [4.78, 5) is 10.8. The van der Waals surface area contributed by atoms with Crippen LogP contribution in [0.1, 0.15) is 54.5 Å². The molecule has 1 fully saturated rings. The maximum atomic E-state index is 9.95. The average molecular weight is 586 g/mol. The number of nitriles is 1. The van der Waals surface area contributed by atoms with Crippen molar-refractivity contribution < 1.29 is 0 Å². The maximum absolute atomic E-state index is 9.95. The standard InChI is InChI=1S/C40H31N3S/c1-27(24-34-38(44)37-32(26-41)16-11-17-33(37)40(34)22-9-4-10-23-40)35-25-36(43-39(42-35)31-14-7-3-8-15-31)30-20-18-29(19-21-30)28-12-5-2-6-13-28/h2-3,5-8,11-21,24-25H,1,4,9-10,22-23H2/b34-24+. The van der Waals surface area contributed by atoms with E-state index in [-0.39, 0.29) is 5.41 Å². The van der Waals surface area contributed by atoms with Crippen molar-refractivity contribution in [3.05, 3.63) is 150 Å². The minimum absolute atomic E-state index is 0.189. The van der Waals surface area contributed by atoms with Gasteiger partial charge in [0.15, 0.2) is 5.82 Å². The molecule has 3 nitrogen and oxygen atoms in total. The van der Waals surface area contributed by atoms with Gasteiger partial charge in [-0.3, -0.25) is 0 Å². The molecule has 44 heavy (non-hydrogen) atoms. The molecule has 1 spiro atoms. The summed E-state index contributed by atoms with van der Waals surface area (Å²) in [6.45, 7) is 4.54. The average Bonchev–Trinajstić information content (AvgIpc) is 3.31. The van der Waals surface area contributed by atoms with Crippen molar-refractivity contribution in [2.75, 3.05) is 0 Å². The third-order valence-corrected chi connectivity index (χ3v) is 9.51. The highest BCUT2D eigenvalue weighted by atomic mass is 32.1. The second-order valence-electron chi connectivity index (χ2n) is 11.7. The van der Waals surface area contributed by atoms with Gasteiger partial charge in [-0.15, -0.1) is 0 Å². The highest BCUT2D eigenvalue weighted by Gasteiger charge is 2.47. The van der Waals surface area contributed by atoms with Gasteiger partial charge in [-0.05, 0) is 58.9 Å². The molecule has 2 aliphatic rings. The molecule has 1 saturated carbocycles. The first-order valence-electron chi connectivity index (χ1n) is 15.2. The van der Waals surface area contributed by atoms with E-state index in [9.17, 15) is 5.26 Å². The number of benzene rings is 4.